The molecule has 34 valence electrons. The van der Waals surface area contributed by atoms with E-state index in [1.807, 2.05) is 0 Å². The predicted octanol–water partition coefficient (Wildman–Crippen LogP) is 1.99. The maximum atomic E-state index is 3.36. The largest absolute Gasteiger partial charge is 0.0991 e. The quantitative estimate of drug-likeness (QED) is 0.650. The van der Waals surface area contributed by atoms with Gasteiger partial charge in [-0.05, 0) is 0 Å². The molecule has 0 unspecified atom stereocenters. The van der Waals surface area contributed by atoms with Crippen LogP contribution in [0.3, 0.4) is 0 Å². The van der Waals surface area contributed by atoms with E-state index >= 15 is 0 Å². The molecule has 1 heteroatoms. The molecular formula is C5H10U. The third-order valence-corrected chi connectivity index (χ3v) is 0.167. The zero-order valence-electron chi connectivity index (χ0n) is 3.07. The Morgan fingerprint density at radius 2 is 1.17 bits per heavy atom. The van der Waals surface area contributed by atoms with Gasteiger partial charge in [-0.1, -0.05) is 32.7 Å². The molecular weight excluding hydrogens is 298 g/mol. The summed E-state index contributed by atoms with van der Waals surface area (Å²) in [5, 5.41) is 0. The fourth-order valence-corrected chi connectivity index (χ4v) is 0. The Morgan fingerprint density at radius 1 is 1.00 bits per heavy atom. The second kappa shape index (κ2) is 17.7. The SMILES string of the molecule is C.C=CC=C.[U]. The van der Waals surface area contributed by atoms with Gasteiger partial charge in [-0.3, -0.25) is 0 Å². The first kappa shape index (κ1) is 16.0. The Kier molecular flexibility index (Phi) is 47.3. The smallest absolute Gasteiger partial charge is 0 e. The summed E-state index contributed by atoms with van der Waals surface area (Å²) in [6.07, 6.45) is 3.28. The number of rotatable bonds is 1. The minimum absolute atomic E-state index is 0. The van der Waals surface area contributed by atoms with Gasteiger partial charge >= 0.3 is 0 Å². The zero-order valence-corrected chi connectivity index (χ0v) is 7.23. The summed E-state index contributed by atoms with van der Waals surface area (Å²) in [6.45, 7) is 6.72. The van der Waals surface area contributed by atoms with Crippen molar-refractivity contribution in [2.24, 2.45) is 0 Å². The Balaban J connectivity index is -0.0000000450. The van der Waals surface area contributed by atoms with Crippen molar-refractivity contribution >= 4 is 0 Å². The van der Waals surface area contributed by atoms with Crippen molar-refractivity contribution in [2.45, 2.75) is 7.43 Å². The standard InChI is InChI=1S/C4H6.CH4.U/c1-3-4-2;;/h3-4H,1-2H2;1H4;. The van der Waals surface area contributed by atoms with Crippen LogP contribution in [0, 0.1) is 31.1 Å². The molecule has 0 aliphatic heterocycles. The van der Waals surface area contributed by atoms with Crippen LogP contribution in [-0.2, 0) is 0 Å². The van der Waals surface area contributed by atoms with E-state index in [0.29, 0.717) is 0 Å². The van der Waals surface area contributed by atoms with Gasteiger partial charge in [0.05, 0.1) is 0 Å². The van der Waals surface area contributed by atoms with E-state index in [0.717, 1.165) is 0 Å². The maximum Gasteiger partial charge on any atom is 0 e. The normalized spacial score (nSPS) is 3.33. The van der Waals surface area contributed by atoms with Crippen molar-refractivity contribution in [1.29, 1.82) is 0 Å². The first-order valence-electron chi connectivity index (χ1n) is 1.15. The molecule has 0 saturated carbocycles. The summed E-state index contributed by atoms with van der Waals surface area (Å²) in [5.74, 6) is 0. The Bertz CT molecular complexity index is 24.9. The van der Waals surface area contributed by atoms with E-state index in [4.69, 9.17) is 0 Å². The molecule has 0 spiro atoms. The average Bonchev–Trinajstić information content (AvgIpc) is 1.37. The summed E-state index contributed by atoms with van der Waals surface area (Å²) >= 11 is 0. The van der Waals surface area contributed by atoms with Crippen molar-refractivity contribution in [3.63, 3.8) is 0 Å². The van der Waals surface area contributed by atoms with Crippen molar-refractivity contribution in [1.82, 2.24) is 0 Å². The predicted molar refractivity (Wildman–Crippen MR) is 27.1 cm³/mol. The van der Waals surface area contributed by atoms with E-state index in [9.17, 15) is 0 Å². The van der Waals surface area contributed by atoms with Crippen LogP contribution in [0.15, 0.2) is 25.3 Å². The molecule has 0 fully saturated rings. The zero-order chi connectivity index (χ0) is 3.41. The van der Waals surface area contributed by atoms with Crippen LogP contribution in [0.5, 0.6) is 0 Å². The van der Waals surface area contributed by atoms with Gasteiger partial charge in [0, 0.05) is 31.1 Å². The Hall–Kier alpha value is 0.532. The third kappa shape index (κ3) is 24.1. The Morgan fingerprint density at radius 3 is 1.17 bits per heavy atom. The van der Waals surface area contributed by atoms with Crippen molar-refractivity contribution in [3.05, 3.63) is 25.3 Å². The molecule has 0 rings (SSSR count). The van der Waals surface area contributed by atoms with E-state index in [-0.39, 0.29) is 38.5 Å². The summed E-state index contributed by atoms with van der Waals surface area (Å²) in [5.41, 5.74) is 0. The van der Waals surface area contributed by atoms with Gasteiger partial charge in [-0.2, -0.15) is 0 Å². The first-order valence-corrected chi connectivity index (χ1v) is 1.15. The summed E-state index contributed by atoms with van der Waals surface area (Å²) in [6, 6.07) is 0. The molecule has 6 heavy (non-hydrogen) atoms. The Labute approximate surface area is 63.7 Å². The molecule has 0 radical (unpaired) electrons. The molecule has 0 amide bonds. The monoisotopic (exact) mass is 308 g/mol. The molecule has 0 aromatic heterocycles. The van der Waals surface area contributed by atoms with Crippen LogP contribution >= 0.6 is 0 Å². The van der Waals surface area contributed by atoms with E-state index in [1.165, 1.54) is 0 Å². The van der Waals surface area contributed by atoms with Crippen LogP contribution in [0.1, 0.15) is 7.43 Å². The van der Waals surface area contributed by atoms with Crippen molar-refractivity contribution in [2.75, 3.05) is 0 Å². The third-order valence-electron chi connectivity index (χ3n) is 0.167. The van der Waals surface area contributed by atoms with Gasteiger partial charge in [0.25, 0.3) is 0 Å². The van der Waals surface area contributed by atoms with Gasteiger partial charge in [-0.15, -0.1) is 0 Å². The fourth-order valence-electron chi connectivity index (χ4n) is 0. The first-order chi connectivity index (χ1) is 1.91. The second-order valence-corrected chi connectivity index (χ2v) is 0.471. The van der Waals surface area contributed by atoms with Gasteiger partial charge in [0.1, 0.15) is 0 Å². The molecule has 0 aromatic rings. The minimum Gasteiger partial charge on any atom is -0.0991 e. The van der Waals surface area contributed by atoms with Gasteiger partial charge in [0.2, 0.25) is 0 Å². The minimum atomic E-state index is 0. The molecule has 0 N–H and O–H groups in total. The number of allylic oxidation sites excluding steroid dienone is 2. The van der Waals surface area contributed by atoms with Gasteiger partial charge in [-0.25, -0.2) is 0 Å². The molecule has 0 aliphatic rings. The summed E-state index contributed by atoms with van der Waals surface area (Å²) in [7, 11) is 0. The second-order valence-electron chi connectivity index (χ2n) is 0.471. The molecule has 0 nitrogen and oxygen atoms in total. The van der Waals surface area contributed by atoms with Crippen molar-refractivity contribution in [3.8, 4) is 0 Å². The molecule has 0 saturated heterocycles. The van der Waals surface area contributed by atoms with Crippen molar-refractivity contribution < 1.29 is 31.1 Å². The molecule has 0 aliphatic carbocycles. The van der Waals surface area contributed by atoms with E-state index < -0.39 is 0 Å². The number of hydrogen-bond acceptors (Lipinski definition) is 0. The van der Waals surface area contributed by atoms with Crippen LogP contribution in [0.4, 0.5) is 0 Å². The maximum absolute atomic E-state index is 3.36. The van der Waals surface area contributed by atoms with Crippen LogP contribution in [0.2, 0.25) is 0 Å². The summed E-state index contributed by atoms with van der Waals surface area (Å²) in [4.78, 5) is 0. The average molecular weight is 308 g/mol. The van der Waals surface area contributed by atoms with E-state index in [2.05, 4.69) is 13.2 Å². The number of hydrogen-bond donors (Lipinski definition) is 0. The topological polar surface area (TPSA) is 0 Å². The fraction of sp³-hybridized carbons (Fsp3) is 0.200. The summed E-state index contributed by atoms with van der Waals surface area (Å²) < 4.78 is 0. The van der Waals surface area contributed by atoms with Gasteiger partial charge in [0.15, 0.2) is 0 Å². The van der Waals surface area contributed by atoms with Crippen LogP contribution in [0.25, 0.3) is 0 Å². The molecule has 0 aromatic carbocycles. The molecule has 0 bridgehead atoms. The van der Waals surface area contributed by atoms with Gasteiger partial charge < -0.3 is 0 Å². The van der Waals surface area contributed by atoms with Crippen LogP contribution in [-0.4, -0.2) is 0 Å². The van der Waals surface area contributed by atoms with E-state index in [1.54, 1.807) is 12.2 Å². The molecule has 0 heterocycles. The molecule has 0 atom stereocenters. The van der Waals surface area contributed by atoms with Crippen LogP contribution < -0.4 is 0 Å².